The predicted molar refractivity (Wildman–Crippen MR) is 108 cm³/mol. The van der Waals surface area contributed by atoms with Gasteiger partial charge in [-0.3, -0.25) is 10.0 Å². The summed E-state index contributed by atoms with van der Waals surface area (Å²) >= 11 is 0. The minimum atomic E-state index is -0.532. The summed E-state index contributed by atoms with van der Waals surface area (Å²) in [6, 6.07) is 16.7. The molecule has 1 atom stereocenters. The van der Waals surface area contributed by atoms with Crippen molar-refractivity contribution in [1.82, 2.24) is 10.8 Å². The maximum absolute atomic E-state index is 11.1. The summed E-state index contributed by atoms with van der Waals surface area (Å²) in [5.41, 5.74) is 4.99. The molecule has 2 aromatic carbocycles. The molecule has 2 heterocycles. The minimum Gasteiger partial charge on any atom is -0.487 e. The number of carbonyl (C=O) groups is 1. The van der Waals surface area contributed by atoms with Crippen LogP contribution in [-0.4, -0.2) is 29.8 Å². The molecule has 1 fully saturated rings. The van der Waals surface area contributed by atoms with E-state index >= 15 is 0 Å². The molecule has 28 heavy (non-hydrogen) atoms. The van der Waals surface area contributed by atoms with Gasteiger partial charge in [-0.25, -0.2) is 5.48 Å². The second kappa shape index (κ2) is 8.17. The second-order valence-electron chi connectivity index (χ2n) is 7.68. The zero-order valence-corrected chi connectivity index (χ0v) is 15.9. The Hall–Kier alpha value is -2.63. The standard InChI is InChI=1S/C23H26N2O3/c26-22(25-27)10-9-17-5-7-18(8-6-17)15-20-16-19-3-1-2-4-21(19)28-23(20)11-13-24-14-12-23/h1-10,20,24,27H,11-16H2,(H,25,26). The van der Waals surface area contributed by atoms with Crippen LogP contribution in [0.2, 0.25) is 0 Å². The van der Waals surface area contributed by atoms with E-state index in [1.165, 1.54) is 17.2 Å². The van der Waals surface area contributed by atoms with E-state index in [4.69, 9.17) is 9.94 Å². The Morgan fingerprint density at radius 1 is 1.18 bits per heavy atom. The molecule has 2 aromatic rings. The maximum atomic E-state index is 11.1. The van der Waals surface area contributed by atoms with Gasteiger partial charge in [0.25, 0.3) is 5.91 Å². The molecular formula is C23H26N2O3. The number of para-hydroxylation sites is 1. The number of rotatable bonds is 4. The van der Waals surface area contributed by atoms with Crippen LogP contribution in [0.1, 0.15) is 29.5 Å². The third-order valence-corrected chi connectivity index (χ3v) is 5.95. The summed E-state index contributed by atoms with van der Waals surface area (Å²) < 4.78 is 6.63. The second-order valence-corrected chi connectivity index (χ2v) is 7.68. The van der Waals surface area contributed by atoms with E-state index in [9.17, 15) is 4.79 Å². The molecule has 0 aliphatic carbocycles. The van der Waals surface area contributed by atoms with Gasteiger partial charge in [-0.2, -0.15) is 0 Å². The summed E-state index contributed by atoms with van der Waals surface area (Å²) in [7, 11) is 0. The molecule has 0 aromatic heterocycles. The van der Waals surface area contributed by atoms with Crippen LogP contribution in [-0.2, 0) is 17.6 Å². The van der Waals surface area contributed by atoms with E-state index in [1.54, 1.807) is 11.6 Å². The van der Waals surface area contributed by atoms with E-state index in [-0.39, 0.29) is 5.60 Å². The quantitative estimate of drug-likeness (QED) is 0.434. The summed E-state index contributed by atoms with van der Waals surface area (Å²) in [5.74, 6) is 0.948. The Labute approximate surface area is 165 Å². The molecule has 0 radical (unpaired) electrons. The molecule has 146 valence electrons. The van der Waals surface area contributed by atoms with Gasteiger partial charge in [-0.15, -0.1) is 0 Å². The number of amides is 1. The van der Waals surface area contributed by atoms with Crippen LogP contribution in [0.4, 0.5) is 0 Å². The van der Waals surface area contributed by atoms with Crippen LogP contribution in [0.25, 0.3) is 6.08 Å². The number of nitrogens with one attached hydrogen (secondary N) is 2. The van der Waals surface area contributed by atoms with E-state index < -0.39 is 5.91 Å². The largest absolute Gasteiger partial charge is 0.487 e. The lowest BCUT2D eigenvalue weighted by Gasteiger charge is -2.47. The zero-order chi connectivity index (χ0) is 19.4. The van der Waals surface area contributed by atoms with E-state index in [0.717, 1.165) is 50.1 Å². The van der Waals surface area contributed by atoms with Crippen molar-refractivity contribution >= 4 is 12.0 Å². The van der Waals surface area contributed by atoms with Gasteiger partial charge < -0.3 is 10.1 Å². The molecule has 0 bridgehead atoms. The number of carbonyl (C=O) groups excluding carboxylic acids is 1. The number of benzene rings is 2. The molecule has 1 saturated heterocycles. The number of hydrogen-bond acceptors (Lipinski definition) is 4. The molecule has 1 spiro atoms. The minimum absolute atomic E-state index is 0.0998. The van der Waals surface area contributed by atoms with Crippen molar-refractivity contribution in [3.63, 3.8) is 0 Å². The lowest BCUT2D eigenvalue weighted by Crippen LogP contribution is -2.54. The Morgan fingerprint density at radius 2 is 1.93 bits per heavy atom. The molecule has 0 saturated carbocycles. The summed E-state index contributed by atoms with van der Waals surface area (Å²) in [5, 5.41) is 12.0. The van der Waals surface area contributed by atoms with Crippen molar-refractivity contribution in [1.29, 1.82) is 0 Å². The number of ether oxygens (including phenoxy) is 1. The smallest absolute Gasteiger partial charge is 0.267 e. The molecule has 1 unspecified atom stereocenters. The Balaban J connectivity index is 1.53. The Bertz CT molecular complexity index is 854. The average Bonchev–Trinajstić information content (AvgIpc) is 2.74. The molecule has 4 rings (SSSR count). The average molecular weight is 378 g/mol. The molecule has 5 nitrogen and oxygen atoms in total. The molecule has 2 aliphatic heterocycles. The van der Waals surface area contributed by atoms with Crippen molar-refractivity contribution in [2.45, 2.75) is 31.3 Å². The highest BCUT2D eigenvalue weighted by molar-refractivity contribution is 5.90. The van der Waals surface area contributed by atoms with Crippen LogP contribution in [0.3, 0.4) is 0 Å². The highest BCUT2D eigenvalue weighted by Crippen LogP contribution is 2.43. The van der Waals surface area contributed by atoms with Gasteiger partial charge in [0.15, 0.2) is 0 Å². The lowest BCUT2D eigenvalue weighted by molar-refractivity contribution is -0.124. The van der Waals surface area contributed by atoms with Crippen molar-refractivity contribution in [3.05, 3.63) is 71.3 Å². The normalized spacial score (nSPS) is 20.5. The lowest BCUT2D eigenvalue weighted by atomic mass is 9.72. The maximum Gasteiger partial charge on any atom is 0.267 e. The first-order valence-electron chi connectivity index (χ1n) is 9.87. The van der Waals surface area contributed by atoms with Gasteiger partial charge in [0.2, 0.25) is 0 Å². The third kappa shape index (κ3) is 3.96. The summed E-state index contributed by atoms with van der Waals surface area (Å²) in [6.07, 6.45) is 7.06. The van der Waals surface area contributed by atoms with Gasteiger partial charge >= 0.3 is 0 Å². The van der Waals surface area contributed by atoms with Gasteiger partial charge in [0, 0.05) is 12.0 Å². The predicted octanol–water partition coefficient (Wildman–Crippen LogP) is 3.12. The topological polar surface area (TPSA) is 70.6 Å². The fraction of sp³-hybridized carbons (Fsp3) is 0.348. The fourth-order valence-electron chi connectivity index (χ4n) is 4.40. The van der Waals surface area contributed by atoms with Gasteiger partial charge in [-0.1, -0.05) is 42.5 Å². The number of hydroxylamine groups is 1. The summed E-state index contributed by atoms with van der Waals surface area (Å²) in [4.78, 5) is 11.1. The molecule has 3 N–H and O–H groups in total. The van der Waals surface area contributed by atoms with Crippen LogP contribution in [0.5, 0.6) is 5.75 Å². The van der Waals surface area contributed by atoms with E-state index in [1.807, 2.05) is 12.1 Å². The van der Waals surface area contributed by atoms with Gasteiger partial charge in [0.05, 0.1) is 0 Å². The van der Waals surface area contributed by atoms with E-state index in [0.29, 0.717) is 5.92 Å². The van der Waals surface area contributed by atoms with Crippen LogP contribution in [0, 0.1) is 5.92 Å². The SMILES string of the molecule is O=C(C=Cc1ccc(CC2Cc3ccccc3OC23CCNCC3)cc1)NO. The summed E-state index contributed by atoms with van der Waals surface area (Å²) in [6.45, 7) is 1.99. The highest BCUT2D eigenvalue weighted by Gasteiger charge is 2.45. The van der Waals surface area contributed by atoms with Gasteiger partial charge in [-0.05, 0) is 67.6 Å². The van der Waals surface area contributed by atoms with Crippen molar-refractivity contribution in [2.75, 3.05) is 13.1 Å². The first-order valence-corrected chi connectivity index (χ1v) is 9.87. The van der Waals surface area contributed by atoms with Crippen LogP contribution < -0.4 is 15.5 Å². The van der Waals surface area contributed by atoms with Crippen LogP contribution >= 0.6 is 0 Å². The third-order valence-electron chi connectivity index (χ3n) is 5.95. The first kappa shape index (κ1) is 18.7. The zero-order valence-electron chi connectivity index (χ0n) is 15.9. The highest BCUT2D eigenvalue weighted by atomic mass is 16.5. The Morgan fingerprint density at radius 3 is 2.68 bits per heavy atom. The van der Waals surface area contributed by atoms with Crippen LogP contribution in [0.15, 0.2) is 54.6 Å². The number of fused-ring (bicyclic) bond motifs is 1. The molecule has 2 aliphatic rings. The van der Waals surface area contributed by atoms with Crippen molar-refractivity contribution in [2.24, 2.45) is 5.92 Å². The van der Waals surface area contributed by atoms with E-state index in [2.05, 4.69) is 41.7 Å². The fourth-order valence-corrected chi connectivity index (χ4v) is 4.40. The Kier molecular flexibility index (Phi) is 5.46. The van der Waals surface area contributed by atoms with Crippen molar-refractivity contribution in [3.8, 4) is 5.75 Å². The number of hydrogen-bond donors (Lipinski definition) is 3. The van der Waals surface area contributed by atoms with Crippen molar-refractivity contribution < 1.29 is 14.7 Å². The molecule has 1 amide bonds. The monoisotopic (exact) mass is 378 g/mol. The van der Waals surface area contributed by atoms with Gasteiger partial charge in [0.1, 0.15) is 11.4 Å². The number of piperidine rings is 1. The first-order chi connectivity index (χ1) is 13.7. The molecule has 5 heteroatoms. The molecular weight excluding hydrogens is 352 g/mol.